The molecule has 2 heterocycles. The maximum absolute atomic E-state index is 13.7. The lowest BCUT2D eigenvalue weighted by molar-refractivity contribution is -0.137. The zero-order valence-electron chi connectivity index (χ0n) is 19.5. The number of para-hydroxylation sites is 1. The average molecular weight is 527 g/mol. The van der Waals surface area contributed by atoms with E-state index >= 15 is 0 Å². The molecule has 2 aromatic rings. The van der Waals surface area contributed by atoms with E-state index in [1.807, 2.05) is 59.5 Å². The van der Waals surface area contributed by atoms with Crippen LogP contribution in [-0.2, 0) is 9.59 Å². The number of hydrogen-bond donors (Lipinski definition) is 1. The Morgan fingerprint density at radius 3 is 2.47 bits per heavy atom. The van der Waals surface area contributed by atoms with E-state index in [2.05, 4.69) is 33.1 Å². The van der Waals surface area contributed by atoms with Gasteiger partial charge in [-0.1, -0.05) is 53.5 Å². The summed E-state index contributed by atoms with van der Waals surface area (Å²) in [5, 5.41) is 2.91. The Hall–Kier alpha value is -2.87. The molecule has 0 aliphatic carbocycles. The normalized spacial score (nSPS) is 17.4. The second kappa shape index (κ2) is 10.6. The van der Waals surface area contributed by atoms with Crippen molar-refractivity contribution in [2.75, 3.05) is 37.7 Å². The molecule has 2 saturated heterocycles. The molecule has 1 spiro atoms. The first-order valence-electron chi connectivity index (χ1n) is 11.9. The molecule has 0 atom stereocenters. The topological polar surface area (TPSA) is 73.0 Å². The molecular weight excluding hydrogens is 496 g/mol. The van der Waals surface area contributed by atoms with Gasteiger partial charge in [0.15, 0.2) is 0 Å². The summed E-state index contributed by atoms with van der Waals surface area (Å²) in [6, 6.07) is 17.2. The monoisotopic (exact) mass is 526 g/mol. The highest BCUT2D eigenvalue weighted by Crippen LogP contribution is 2.39. The number of halogens is 1. The van der Waals surface area contributed by atoms with Crippen molar-refractivity contribution in [3.63, 3.8) is 0 Å². The Balaban J connectivity index is 1.51. The lowest BCUT2D eigenvalue weighted by Gasteiger charge is -2.43. The van der Waals surface area contributed by atoms with E-state index < -0.39 is 5.54 Å². The van der Waals surface area contributed by atoms with Crippen LogP contribution in [0.4, 0.5) is 5.69 Å². The molecule has 2 aromatic carbocycles. The minimum atomic E-state index is -0.751. The first-order valence-corrected chi connectivity index (χ1v) is 12.7. The Labute approximate surface area is 209 Å². The van der Waals surface area contributed by atoms with E-state index in [-0.39, 0.29) is 24.3 Å². The number of unbranched alkanes of at least 4 members (excludes halogenated alkanes) is 1. The van der Waals surface area contributed by atoms with Gasteiger partial charge >= 0.3 is 0 Å². The van der Waals surface area contributed by atoms with E-state index in [9.17, 15) is 14.4 Å². The molecule has 7 nitrogen and oxygen atoms in total. The fourth-order valence-corrected chi connectivity index (χ4v) is 5.24. The number of benzene rings is 2. The molecule has 2 aliphatic rings. The number of nitrogens with one attached hydrogen (secondary N) is 1. The van der Waals surface area contributed by atoms with Gasteiger partial charge in [-0.2, -0.15) is 0 Å². The summed E-state index contributed by atoms with van der Waals surface area (Å²) in [7, 11) is 0. The lowest BCUT2D eigenvalue weighted by Crippen LogP contribution is -2.57. The van der Waals surface area contributed by atoms with Gasteiger partial charge in [-0.25, -0.2) is 0 Å². The van der Waals surface area contributed by atoms with Crippen LogP contribution >= 0.6 is 15.9 Å². The molecule has 0 saturated carbocycles. The van der Waals surface area contributed by atoms with Crippen molar-refractivity contribution < 1.29 is 14.4 Å². The summed E-state index contributed by atoms with van der Waals surface area (Å²) in [5.41, 5.74) is 0.837. The maximum atomic E-state index is 13.7. The fourth-order valence-electron chi connectivity index (χ4n) is 4.84. The molecule has 2 fully saturated rings. The smallest absolute Gasteiger partial charge is 0.253 e. The zero-order chi connectivity index (χ0) is 24.1. The molecular formula is C26H31BrN4O3. The van der Waals surface area contributed by atoms with Gasteiger partial charge in [0.05, 0.1) is 6.67 Å². The van der Waals surface area contributed by atoms with Crippen LogP contribution in [-0.4, -0.2) is 65.9 Å². The summed E-state index contributed by atoms with van der Waals surface area (Å²) in [4.78, 5) is 44.9. The molecule has 0 aromatic heterocycles. The van der Waals surface area contributed by atoms with Crippen LogP contribution in [0.15, 0.2) is 59.1 Å². The standard InChI is InChI=1S/C26H31BrN4O3/c1-2-3-14-28-23(32)18-30-19-31(22-10-5-4-6-11-22)26(25(30)34)12-15-29(16-13-26)24(33)20-8-7-9-21(27)17-20/h4-11,17H,2-3,12-16,18-19H2,1H3,(H,28,32). The number of amides is 3. The second-order valence-electron chi connectivity index (χ2n) is 8.95. The molecule has 0 radical (unpaired) electrons. The van der Waals surface area contributed by atoms with Crippen LogP contribution in [0.25, 0.3) is 0 Å². The molecule has 0 unspecified atom stereocenters. The molecule has 4 rings (SSSR count). The van der Waals surface area contributed by atoms with Crippen LogP contribution in [0, 0.1) is 0 Å². The molecule has 0 bridgehead atoms. The largest absolute Gasteiger partial charge is 0.355 e. The predicted octanol–water partition coefficient (Wildman–Crippen LogP) is 3.65. The number of rotatable bonds is 7. The SMILES string of the molecule is CCCCNC(=O)CN1CN(c2ccccc2)C2(CCN(C(=O)c3cccc(Br)c3)CC2)C1=O. The first-order chi connectivity index (χ1) is 16.4. The van der Waals surface area contributed by atoms with Gasteiger partial charge in [-0.3, -0.25) is 14.4 Å². The molecule has 34 heavy (non-hydrogen) atoms. The highest BCUT2D eigenvalue weighted by atomic mass is 79.9. The van der Waals surface area contributed by atoms with Crippen molar-refractivity contribution in [2.45, 2.75) is 38.1 Å². The van der Waals surface area contributed by atoms with Gasteiger partial charge in [0.25, 0.3) is 11.8 Å². The number of anilines is 1. The summed E-state index contributed by atoms with van der Waals surface area (Å²) in [6.07, 6.45) is 2.97. The first kappa shape index (κ1) is 24.3. The van der Waals surface area contributed by atoms with Crippen molar-refractivity contribution in [3.8, 4) is 0 Å². The third kappa shape index (κ3) is 4.97. The van der Waals surface area contributed by atoms with E-state index in [0.29, 0.717) is 44.7 Å². The number of carbonyl (C=O) groups excluding carboxylic acids is 3. The van der Waals surface area contributed by atoms with Gasteiger partial charge in [-0.15, -0.1) is 0 Å². The van der Waals surface area contributed by atoms with Gasteiger partial charge in [0, 0.05) is 35.4 Å². The van der Waals surface area contributed by atoms with Crippen LogP contribution in [0.2, 0.25) is 0 Å². The number of hydrogen-bond acceptors (Lipinski definition) is 4. The Bertz CT molecular complexity index is 1040. The second-order valence-corrected chi connectivity index (χ2v) is 9.86. The van der Waals surface area contributed by atoms with E-state index in [1.165, 1.54) is 0 Å². The zero-order valence-corrected chi connectivity index (χ0v) is 21.1. The third-order valence-electron chi connectivity index (χ3n) is 6.72. The van der Waals surface area contributed by atoms with Gasteiger partial charge in [0.2, 0.25) is 5.91 Å². The summed E-state index contributed by atoms with van der Waals surface area (Å²) in [6.45, 7) is 4.08. The number of nitrogens with zero attached hydrogens (tertiary/aromatic N) is 3. The summed E-state index contributed by atoms with van der Waals surface area (Å²) in [5.74, 6) is -0.189. The van der Waals surface area contributed by atoms with Crippen LogP contribution in [0.5, 0.6) is 0 Å². The van der Waals surface area contributed by atoms with Crippen molar-refractivity contribution >= 4 is 39.3 Å². The number of piperidine rings is 1. The minimum absolute atomic E-state index is 0.0278. The number of likely N-dealkylation sites (tertiary alicyclic amines) is 1. The summed E-state index contributed by atoms with van der Waals surface area (Å²) < 4.78 is 0.862. The van der Waals surface area contributed by atoms with Crippen molar-refractivity contribution in [1.29, 1.82) is 0 Å². The molecule has 1 N–H and O–H groups in total. The van der Waals surface area contributed by atoms with E-state index in [4.69, 9.17) is 0 Å². The molecule has 180 valence electrons. The fraction of sp³-hybridized carbons (Fsp3) is 0.423. The quantitative estimate of drug-likeness (QED) is 0.559. The van der Waals surface area contributed by atoms with Crippen LogP contribution < -0.4 is 10.2 Å². The van der Waals surface area contributed by atoms with Crippen molar-refractivity contribution in [3.05, 3.63) is 64.6 Å². The Kier molecular flexibility index (Phi) is 7.56. The average Bonchev–Trinajstić information content (AvgIpc) is 3.11. The number of carbonyl (C=O) groups is 3. The molecule has 8 heteroatoms. The van der Waals surface area contributed by atoms with E-state index in [1.54, 1.807) is 4.90 Å². The highest BCUT2D eigenvalue weighted by molar-refractivity contribution is 9.10. The highest BCUT2D eigenvalue weighted by Gasteiger charge is 2.54. The Morgan fingerprint density at radius 1 is 1.06 bits per heavy atom. The maximum Gasteiger partial charge on any atom is 0.253 e. The van der Waals surface area contributed by atoms with Gasteiger partial charge in [0.1, 0.15) is 12.1 Å². The molecule has 2 aliphatic heterocycles. The summed E-state index contributed by atoms with van der Waals surface area (Å²) >= 11 is 3.43. The van der Waals surface area contributed by atoms with Crippen LogP contribution in [0.3, 0.4) is 0 Å². The minimum Gasteiger partial charge on any atom is -0.355 e. The van der Waals surface area contributed by atoms with Gasteiger partial charge in [-0.05, 0) is 49.6 Å². The molecule has 3 amide bonds. The lowest BCUT2D eigenvalue weighted by atomic mass is 9.85. The van der Waals surface area contributed by atoms with Gasteiger partial charge < -0.3 is 20.0 Å². The Morgan fingerprint density at radius 2 is 1.79 bits per heavy atom. The van der Waals surface area contributed by atoms with Crippen molar-refractivity contribution in [2.24, 2.45) is 0 Å². The third-order valence-corrected chi connectivity index (χ3v) is 7.21. The van der Waals surface area contributed by atoms with E-state index in [0.717, 1.165) is 23.0 Å². The van der Waals surface area contributed by atoms with Crippen LogP contribution in [0.1, 0.15) is 43.0 Å². The predicted molar refractivity (Wildman–Crippen MR) is 135 cm³/mol. The van der Waals surface area contributed by atoms with Crippen molar-refractivity contribution in [1.82, 2.24) is 15.1 Å².